The van der Waals surface area contributed by atoms with Crippen molar-refractivity contribution in [2.24, 2.45) is 16.0 Å². The number of amidine groups is 2. The molecule has 3 aliphatic rings. The number of methoxy groups -OCH3 is 2. The van der Waals surface area contributed by atoms with Gasteiger partial charge in [-0.25, -0.2) is 0 Å². The van der Waals surface area contributed by atoms with Crippen molar-refractivity contribution in [2.45, 2.75) is 32.1 Å². The van der Waals surface area contributed by atoms with Crippen LogP contribution in [0.5, 0.6) is 23.0 Å². The number of nitrogens with one attached hydrogen (secondary N) is 1. The zero-order valence-corrected chi connectivity index (χ0v) is 24.7. The molecule has 1 fully saturated rings. The highest BCUT2D eigenvalue weighted by molar-refractivity contribution is 14.1. The number of carbonyl (C=O) groups excluding carboxylic acids is 1. The van der Waals surface area contributed by atoms with Crippen LogP contribution in [0.4, 0.5) is 0 Å². The first-order chi connectivity index (χ1) is 19.0. The van der Waals surface area contributed by atoms with E-state index in [2.05, 4.69) is 32.7 Å². The van der Waals surface area contributed by atoms with Crippen LogP contribution in [0.25, 0.3) is 6.08 Å². The third kappa shape index (κ3) is 6.24. The number of nitrogens with zero attached hydrogens (tertiary/aromatic N) is 3. The van der Waals surface area contributed by atoms with Crippen molar-refractivity contribution in [3.8, 4) is 23.0 Å². The quantitative estimate of drug-likeness (QED) is 0.201. The monoisotopic (exact) mass is 660 g/mol. The second-order valence-corrected chi connectivity index (χ2v) is 11.4. The van der Waals surface area contributed by atoms with Crippen molar-refractivity contribution in [3.05, 3.63) is 51.1 Å². The minimum atomic E-state index is -0.442. The van der Waals surface area contributed by atoms with Gasteiger partial charge in [-0.3, -0.25) is 10.2 Å². The fourth-order valence-electron chi connectivity index (χ4n) is 4.65. The third-order valence-electron chi connectivity index (χ3n) is 6.63. The van der Waals surface area contributed by atoms with E-state index in [9.17, 15) is 4.79 Å². The minimum Gasteiger partial charge on any atom is -0.497 e. The molecule has 9 nitrogen and oxygen atoms in total. The first-order valence-corrected chi connectivity index (χ1v) is 14.6. The molecule has 0 aromatic heterocycles. The van der Waals surface area contributed by atoms with Crippen molar-refractivity contribution >= 4 is 62.4 Å². The van der Waals surface area contributed by atoms with Crippen LogP contribution < -0.4 is 18.9 Å². The summed E-state index contributed by atoms with van der Waals surface area (Å²) in [7, 11) is 3.18. The van der Waals surface area contributed by atoms with E-state index < -0.39 is 5.91 Å². The maximum atomic E-state index is 12.9. The number of ether oxygens (including phenoxy) is 4. The van der Waals surface area contributed by atoms with Gasteiger partial charge in [-0.1, -0.05) is 25.3 Å². The highest BCUT2D eigenvalue weighted by atomic mass is 127. The number of amides is 1. The molecule has 0 unspecified atom stereocenters. The maximum Gasteiger partial charge on any atom is 0.283 e. The van der Waals surface area contributed by atoms with Crippen LogP contribution in [0.15, 0.2) is 52.1 Å². The Morgan fingerprint density at radius 3 is 2.62 bits per heavy atom. The summed E-state index contributed by atoms with van der Waals surface area (Å²) in [4.78, 5) is 17.2. The van der Waals surface area contributed by atoms with Crippen molar-refractivity contribution in [1.29, 1.82) is 5.41 Å². The Bertz CT molecular complexity index is 1370. The second-order valence-electron chi connectivity index (χ2n) is 9.20. The minimum absolute atomic E-state index is 0.0345. The molecule has 0 bridgehead atoms. The van der Waals surface area contributed by atoms with E-state index in [1.165, 1.54) is 36.0 Å². The topological polar surface area (TPSA) is 106 Å². The Balaban J connectivity index is 1.28. The van der Waals surface area contributed by atoms with Gasteiger partial charge in [-0.2, -0.15) is 15.1 Å². The molecule has 1 aliphatic carbocycles. The molecule has 204 valence electrons. The first kappa shape index (κ1) is 27.5. The van der Waals surface area contributed by atoms with Gasteiger partial charge in [0.15, 0.2) is 17.3 Å². The molecule has 0 saturated heterocycles. The SMILES string of the molecule is COc1cccc(OCCOc2c(I)cc(/C=C3/C(=N)N4N=C(C5CCCCC5)SC4=NC3=O)cc2OC)c1. The fourth-order valence-corrected chi connectivity index (χ4v) is 6.49. The number of aliphatic imine (C=N–C) groups is 1. The van der Waals surface area contributed by atoms with Gasteiger partial charge in [0.25, 0.3) is 5.91 Å². The Kier molecular flexibility index (Phi) is 8.75. The highest BCUT2D eigenvalue weighted by Crippen LogP contribution is 2.38. The summed E-state index contributed by atoms with van der Waals surface area (Å²) in [6, 6.07) is 11.0. The van der Waals surface area contributed by atoms with Crippen LogP contribution in [0, 0.1) is 14.9 Å². The fraction of sp³-hybridized carbons (Fsp3) is 0.357. The number of fused-ring (bicyclic) bond motifs is 1. The molecule has 11 heteroatoms. The molecule has 2 heterocycles. The Labute approximate surface area is 245 Å². The zero-order chi connectivity index (χ0) is 27.4. The Morgan fingerprint density at radius 2 is 1.85 bits per heavy atom. The summed E-state index contributed by atoms with van der Waals surface area (Å²) in [6.07, 6.45) is 7.47. The van der Waals surface area contributed by atoms with Gasteiger partial charge in [-0.15, -0.1) is 0 Å². The summed E-state index contributed by atoms with van der Waals surface area (Å²) >= 11 is 3.59. The van der Waals surface area contributed by atoms with Crippen LogP contribution in [0.1, 0.15) is 37.7 Å². The van der Waals surface area contributed by atoms with E-state index in [1.807, 2.05) is 30.3 Å². The lowest BCUT2D eigenvalue weighted by atomic mass is 9.90. The van der Waals surface area contributed by atoms with Crippen LogP contribution in [-0.4, -0.2) is 54.4 Å². The van der Waals surface area contributed by atoms with Crippen molar-refractivity contribution in [1.82, 2.24) is 5.01 Å². The van der Waals surface area contributed by atoms with Gasteiger partial charge < -0.3 is 18.9 Å². The van der Waals surface area contributed by atoms with E-state index in [0.717, 1.165) is 27.2 Å². The summed E-state index contributed by atoms with van der Waals surface area (Å²) in [5.74, 6) is 2.49. The second kappa shape index (κ2) is 12.4. The normalized spacial score (nSPS) is 18.5. The molecular weight excluding hydrogens is 631 g/mol. The molecule has 1 saturated carbocycles. The zero-order valence-electron chi connectivity index (χ0n) is 21.7. The molecule has 0 spiro atoms. The lowest BCUT2D eigenvalue weighted by Crippen LogP contribution is -2.35. The van der Waals surface area contributed by atoms with E-state index in [0.29, 0.717) is 47.1 Å². The summed E-state index contributed by atoms with van der Waals surface area (Å²) in [6.45, 7) is 0.639. The Hall–Kier alpha value is -3.06. The molecule has 5 rings (SSSR count). The molecule has 2 aliphatic heterocycles. The van der Waals surface area contributed by atoms with Gasteiger partial charge >= 0.3 is 0 Å². The molecule has 0 radical (unpaired) electrons. The first-order valence-electron chi connectivity index (χ1n) is 12.7. The number of carbonyl (C=O) groups is 1. The number of hydrogen-bond donors (Lipinski definition) is 1. The predicted molar refractivity (Wildman–Crippen MR) is 161 cm³/mol. The van der Waals surface area contributed by atoms with Crippen LogP contribution in [0.3, 0.4) is 0 Å². The number of hydrogen-bond acceptors (Lipinski definition) is 8. The smallest absolute Gasteiger partial charge is 0.283 e. The molecule has 1 N–H and O–H groups in total. The standard InChI is InChI=1S/C28H29IN4O5S/c1-35-19-9-6-10-20(16-19)37-11-12-38-24-22(29)14-17(15-23(24)36-2)13-21-25(30)33-28(31-26(21)34)39-27(32-33)18-7-4-3-5-8-18/h6,9-10,13-16,18,30H,3-5,7-8,11-12H2,1-2H3/b21-13-,30-25?. The molecule has 39 heavy (non-hydrogen) atoms. The van der Waals surface area contributed by atoms with Gasteiger partial charge in [0.2, 0.25) is 5.17 Å². The van der Waals surface area contributed by atoms with E-state index >= 15 is 0 Å². The third-order valence-corrected chi connectivity index (χ3v) is 8.50. The Morgan fingerprint density at radius 1 is 1.08 bits per heavy atom. The maximum absolute atomic E-state index is 12.9. The molecular formula is C28H29IN4O5S. The molecule has 2 aromatic rings. The van der Waals surface area contributed by atoms with Gasteiger partial charge in [0.05, 0.1) is 23.4 Å². The van der Waals surface area contributed by atoms with Crippen molar-refractivity contribution < 1.29 is 23.7 Å². The van der Waals surface area contributed by atoms with Gasteiger partial charge in [-0.05, 0) is 83.1 Å². The van der Waals surface area contributed by atoms with Crippen molar-refractivity contribution in [3.63, 3.8) is 0 Å². The van der Waals surface area contributed by atoms with Crippen molar-refractivity contribution in [2.75, 3.05) is 27.4 Å². The van der Waals surface area contributed by atoms with E-state index in [-0.39, 0.29) is 11.4 Å². The van der Waals surface area contributed by atoms with Gasteiger partial charge in [0.1, 0.15) is 29.8 Å². The molecule has 1 amide bonds. The largest absolute Gasteiger partial charge is 0.497 e. The number of thioether (sulfide) groups is 1. The highest BCUT2D eigenvalue weighted by Gasteiger charge is 2.38. The van der Waals surface area contributed by atoms with Crippen LogP contribution in [-0.2, 0) is 4.79 Å². The van der Waals surface area contributed by atoms with Crippen LogP contribution in [0.2, 0.25) is 0 Å². The summed E-state index contributed by atoms with van der Waals surface area (Å²) in [5, 5.41) is 16.3. The average Bonchev–Trinajstić information content (AvgIpc) is 3.38. The van der Waals surface area contributed by atoms with E-state index in [1.54, 1.807) is 26.4 Å². The van der Waals surface area contributed by atoms with E-state index in [4.69, 9.17) is 24.4 Å². The number of halogens is 1. The number of hydrazone groups is 1. The lowest BCUT2D eigenvalue weighted by Gasteiger charge is -2.20. The molecule has 0 atom stereocenters. The molecule has 2 aromatic carbocycles. The lowest BCUT2D eigenvalue weighted by molar-refractivity contribution is -0.114. The number of rotatable bonds is 9. The summed E-state index contributed by atoms with van der Waals surface area (Å²) in [5.41, 5.74) is 0.887. The van der Waals surface area contributed by atoms with Gasteiger partial charge in [0, 0.05) is 12.0 Å². The van der Waals surface area contributed by atoms with Crippen LogP contribution >= 0.6 is 34.4 Å². The number of benzene rings is 2. The average molecular weight is 661 g/mol. The predicted octanol–water partition coefficient (Wildman–Crippen LogP) is 5.97. The summed E-state index contributed by atoms with van der Waals surface area (Å²) < 4.78 is 23.4.